The number of methoxy groups -OCH3 is 1. The van der Waals surface area contributed by atoms with Crippen LogP contribution in [-0.4, -0.2) is 44.7 Å². The van der Waals surface area contributed by atoms with Crippen molar-refractivity contribution in [3.63, 3.8) is 0 Å². The van der Waals surface area contributed by atoms with E-state index in [0.29, 0.717) is 0 Å². The Hall–Kier alpha value is -2.97. The standard InChI is InChI=1S/C18H18O8/c1-7-12(20)17(25-2)15(23)10-14(22)11(18(24)26-16(7)10)13(21)8-3-5-9(19)6-4-8/h3-6,11,13,18-21,23-24H,1-2H3. The highest BCUT2D eigenvalue weighted by Gasteiger charge is 2.45. The van der Waals surface area contributed by atoms with Crippen LogP contribution in [0.2, 0.25) is 0 Å². The Kier molecular flexibility index (Phi) is 4.39. The summed E-state index contributed by atoms with van der Waals surface area (Å²) in [5, 5.41) is 50.5. The molecule has 1 aliphatic rings. The summed E-state index contributed by atoms with van der Waals surface area (Å²) < 4.78 is 10.3. The zero-order valence-electron chi connectivity index (χ0n) is 14.0. The van der Waals surface area contributed by atoms with E-state index in [0.717, 1.165) is 0 Å². The Morgan fingerprint density at radius 2 is 1.73 bits per heavy atom. The molecule has 3 unspecified atom stereocenters. The second-order valence-corrected chi connectivity index (χ2v) is 5.99. The molecule has 138 valence electrons. The number of carbonyl (C=O) groups excluding carboxylic acids is 1. The van der Waals surface area contributed by atoms with Crippen molar-refractivity contribution >= 4 is 5.78 Å². The first-order valence-electron chi connectivity index (χ1n) is 7.76. The lowest BCUT2D eigenvalue weighted by Gasteiger charge is -2.33. The van der Waals surface area contributed by atoms with E-state index in [1.165, 1.54) is 38.3 Å². The van der Waals surface area contributed by atoms with Gasteiger partial charge < -0.3 is 35.0 Å². The molecule has 3 rings (SSSR count). The Morgan fingerprint density at radius 3 is 2.31 bits per heavy atom. The fourth-order valence-corrected chi connectivity index (χ4v) is 3.04. The molecule has 0 aromatic heterocycles. The van der Waals surface area contributed by atoms with E-state index in [-0.39, 0.29) is 33.9 Å². The van der Waals surface area contributed by atoms with Crippen LogP contribution in [0.15, 0.2) is 24.3 Å². The summed E-state index contributed by atoms with van der Waals surface area (Å²) in [6.45, 7) is 1.44. The lowest BCUT2D eigenvalue weighted by molar-refractivity contribution is -0.0934. The number of ether oxygens (including phenoxy) is 2. The molecule has 26 heavy (non-hydrogen) atoms. The first-order valence-corrected chi connectivity index (χ1v) is 7.76. The van der Waals surface area contributed by atoms with Gasteiger partial charge in [0.2, 0.25) is 12.0 Å². The number of aliphatic hydroxyl groups is 2. The lowest BCUT2D eigenvalue weighted by Crippen LogP contribution is -2.41. The van der Waals surface area contributed by atoms with Crippen molar-refractivity contribution in [2.75, 3.05) is 7.11 Å². The number of aliphatic hydroxyl groups excluding tert-OH is 2. The minimum Gasteiger partial charge on any atom is -0.508 e. The Morgan fingerprint density at radius 1 is 1.12 bits per heavy atom. The summed E-state index contributed by atoms with van der Waals surface area (Å²) >= 11 is 0. The number of phenolic OH excluding ortho intramolecular Hbond substituents is 3. The van der Waals surface area contributed by atoms with E-state index in [2.05, 4.69) is 0 Å². The van der Waals surface area contributed by atoms with E-state index in [1.807, 2.05) is 0 Å². The smallest absolute Gasteiger partial charge is 0.210 e. The summed E-state index contributed by atoms with van der Waals surface area (Å²) in [6.07, 6.45) is -3.16. The van der Waals surface area contributed by atoms with Crippen LogP contribution in [-0.2, 0) is 0 Å². The van der Waals surface area contributed by atoms with E-state index in [9.17, 15) is 30.3 Å². The number of ketones is 1. The molecule has 1 aliphatic heterocycles. The van der Waals surface area contributed by atoms with Gasteiger partial charge in [0.15, 0.2) is 17.3 Å². The van der Waals surface area contributed by atoms with Gasteiger partial charge in [-0.3, -0.25) is 4.79 Å². The van der Waals surface area contributed by atoms with Crippen molar-refractivity contribution in [1.82, 2.24) is 0 Å². The van der Waals surface area contributed by atoms with Crippen LogP contribution in [0.5, 0.6) is 28.7 Å². The Bertz CT molecular complexity index is 859. The lowest BCUT2D eigenvalue weighted by atomic mass is 9.84. The molecular formula is C18H18O8. The van der Waals surface area contributed by atoms with Gasteiger partial charge in [0.25, 0.3) is 0 Å². The van der Waals surface area contributed by atoms with Crippen LogP contribution < -0.4 is 9.47 Å². The highest BCUT2D eigenvalue weighted by molar-refractivity contribution is 6.06. The number of carbonyl (C=O) groups is 1. The van der Waals surface area contributed by atoms with Crippen molar-refractivity contribution in [1.29, 1.82) is 0 Å². The van der Waals surface area contributed by atoms with Crippen LogP contribution in [0.3, 0.4) is 0 Å². The number of Topliss-reactive ketones (excluding diaryl/α,β-unsaturated/α-hetero) is 1. The maximum Gasteiger partial charge on any atom is 0.210 e. The van der Waals surface area contributed by atoms with Gasteiger partial charge in [0.05, 0.1) is 13.2 Å². The van der Waals surface area contributed by atoms with E-state index >= 15 is 0 Å². The van der Waals surface area contributed by atoms with Gasteiger partial charge in [-0.25, -0.2) is 0 Å². The van der Waals surface area contributed by atoms with E-state index in [4.69, 9.17) is 9.47 Å². The minimum absolute atomic E-state index is 0.0217. The molecule has 0 saturated carbocycles. The maximum absolute atomic E-state index is 12.9. The van der Waals surface area contributed by atoms with Gasteiger partial charge in [-0.2, -0.15) is 0 Å². The van der Waals surface area contributed by atoms with Gasteiger partial charge in [0.1, 0.15) is 23.0 Å². The van der Waals surface area contributed by atoms with Gasteiger partial charge in [0, 0.05) is 5.56 Å². The maximum atomic E-state index is 12.9. The van der Waals surface area contributed by atoms with Crippen LogP contribution in [0, 0.1) is 12.8 Å². The number of fused-ring (bicyclic) bond motifs is 1. The number of benzene rings is 2. The number of aromatic hydroxyl groups is 3. The first-order chi connectivity index (χ1) is 12.3. The monoisotopic (exact) mass is 362 g/mol. The second kappa shape index (κ2) is 6.40. The molecule has 0 bridgehead atoms. The molecule has 0 spiro atoms. The van der Waals surface area contributed by atoms with E-state index < -0.39 is 35.6 Å². The Balaban J connectivity index is 2.10. The summed E-state index contributed by atoms with van der Waals surface area (Å²) in [6, 6.07) is 5.46. The summed E-state index contributed by atoms with van der Waals surface area (Å²) in [7, 11) is 1.21. The van der Waals surface area contributed by atoms with Crippen LogP contribution in [0.1, 0.15) is 27.6 Å². The highest BCUT2D eigenvalue weighted by atomic mass is 16.6. The van der Waals surface area contributed by atoms with Crippen LogP contribution in [0.4, 0.5) is 0 Å². The van der Waals surface area contributed by atoms with Gasteiger partial charge in [-0.15, -0.1) is 0 Å². The minimum atomic E-state index is -1.70. The second-order valence-electron chi connectivity index (χ2n) is 5.99. The molecular weight excluding hydrogens is 344 g/mol. The molecule has 1 heterocycles. The van der Waals surface area contributed by atoms with Crippen molar-refractivity contribution < 1.29 is 39.8 Å². The summed E-state index contributed by atoms with van der Waals surface area (Å²) in [4.78, 5) is 12.9. The molecule has 0 radical (unpaired) electrons. The number of hydrogen-bond acceptors (Lipinski definition) is 8. The molecule has 0 aliphatic carbocycles. The molecule has 0 fully saturated rings. The fourth-order valence-electron chi connectivity index (χ4n) is 3.04. The van der Waals surface area contributed by atoms with Crippen LogP contribution in [0.25, 0.3) is 0 Å². The Labute approximate surface area is 148 Å². The molecule has 0 saturated heterocycles. The van der Waals surface area contributed by atoms with E-state index in [1.54, 1.807) is 0 Å². The molecule has 5 N–H and O–H groups in total. The summed E-state index contributed by atoms with van der Waals surface area (Å²) in [5.74, 6) is -3.73. The number of hydrogen-bond donors (Lipinski definition) is 5. The largest absolute Gasteiger partial charge is 0.508 e. The van der Waals surface area contributed by atoms with Gasteiger partial charge in [-0.05, 0) is 24.6 Å². The predicted octanol–water partition coefficient (Wildman–Crippen LogP) is 1.36. The van der Waals surface area contributed by atoms with Crippen molar-refractivity contribution in [3.05, 3.63) is 41.0 Å². The highest BCUT2D eigenvalue weighted by Crippen LogP contribution is 2.51. The topological polar surface area (TPSA) is 137 Å². The zero-order valence-corrected chi connectivity index (χ0v) is 14.0. The molecule has 0 amide bonds. The van der Waals surface area contributed by atoms with Crippen molar-refractivity contribution in [2.45, 2.75) is 19.3 Å². The SMILES string of the molecule is COc1c(O)c(C)c2c(c1O)C(=O)C(C(O)c1ccc(O)cc1)C(O)O2. The van der Waals surface area contributed by atoms with Crippen molar-refractivity contribution in [2.24, 2.45) is 5.92 Å². The third-order valence-corrected chi connectivity index (χ3v) is 4.46. The molecule has 2 aromatic carbocycles. The third kappa shape index (κ3) is 2.59. The summed E-state index contributed by atoms with van der Waals surface area (Å²) in [5.41, 5.74) is 0.0964. The molecule has 3 atom stereocenters. The van der Waals surface area contributed by atoms with Crippen LogP contribution >= 0.6 is 0 Å². The van der Waals surface area contributed by atoms with Gasteiger partial charge in [-0.1, -0.05) is 12.1 Å². The average Bonchev–Trinajstić information content (AvgIpc) is 2.60. The number of rotatable bonds is 3. The molecule has 2 aromatic rings. The molecule has 8 nitrogen and oxygen atoms in total. The predicted molar refractivity (Wildman–Crippen MR) is 88.6 cm³/mol. The first kappa shape index (κ1) is 17.8. The fraction of sp³-hybridized carbons (Fsp3) is 0.278. The third-order valence-electron chi connectivity index (χ3n) is 4.46. The number of phenols is 3. The average molecular weight is 362 g/mol. The molecule has 8 heteroatoms. The normalized spacial score (nSPS) is 20.2. The van der Waals surface area contributed by atoms with Gasteiger partial charge >= 0.3 is 0 Å². The quantitative estimate of drug-likeness (QED) is 0.552. The zero-order chi connectivity index (χ0) is 19.2. The van der Waals surface area contributed by atoms with Crippen molar-refractivity contribution in [3.8, 4) is 28.7 Å².